The smallest absolute Gasteiger partial charge is 0.379 e. The first-order chi connectivity index (χ1) is 11.5. The van der Waals surface area contributed by atoms with Crippen molar-refractivity contribution in [2.24, 2.45) is 0 Å². The van der Waals surface area contributed by atoms with Gasteiger partial charge in [-0.05, 0) is 5.56 Å². The predicted octanol–water partition coefficient (Wildman–Crippen LogP) is 3.65. The number of alkyl halides is 3. The summed E-state index contributed by atoms with van der Waals surface area (Å²) in [7, 11) is 0. The molecule has 1 aromatic heterocycles. The van der Waals surface area contributed by atoms with Crippen LogP contribution in [-0.2, 0) is 10.9 Å². The van der Waals surface area contributed by atoms with Crippen molar-refractivity contribution >= 4 is 16.5 Å². The van der Waals surface area contributed by atoms with Crippen LogP contribution in [0.3, 0.4) is 0 Å². The molecule has 1 N–H and O–H groups in total. The van der Waals surface area contributed by atoms with Crippen molar-refractivity contribution in [1.82, 2.24) is 9.88 Å². The molecular formula is C16H18F3N3OS. The summed E-state index contributed by atoms with van der Waals surface area (Å²) in [6.07, 6.45) is -3.48. The lowest BCUT2D eigenvalue weighted by Crippen LogP contribution is -2.40. The van der Waals surface area contributed by atoms with E-state index in [4.69, 9.17) is 4.74 Å². The van der Waals surface area contributed by atoms with E-state index in [1.54, 1.807) is 0 Å². The van der Waals surface area contributed by atoms with Gasteiger partial charge >= 0.3 is 6.18 Å². The molecule has 1 aliphatic rings. The van der Waals surface area contributed by atoms with Crippen LogP contribution in [0.2, 0.25) is 0 Å². The zero-order chi connectivity index (χ0) is 17.0. The first-order valence-corrected chi connectivity index (χ1v) is 8.48. The third kappa shape index (κ3) is 4.46. The molecule has 8 heteroatoms. The van der Waals surface area contributed by atoms with Crippen LogP contribution in [0.5, 0.6) is 0 Å². The number of morpholine rings is 1. The zero-order valence-corrected chi connectivity index (χ0v) is 13.7. The highest BCUT2D eigenvalue weighted by molar-refractivity contribution is 7.15. The molecule has 1 fully saturated rings. The molecule has 2 aromatic rings. The lowest BCUT2D eigenvalue weighted by atomic mass is 10.1. The molecule has 4 nitrogen and oxygen atoms in total. The third-order valence-electron chi connectivity index (χ3n) is 3.83. The highest BCUT2D eigenvalue weighted by Crippen LogP contribution is 2.36. The number of aromatic nitrogens is 1. The molecule has 1 unspecified atom stereocenters. The summed E-state index contributed by atoms with van der Waals surface area (Å²) >= 11 is 0.634. The van der Waals surface area contributed by atoms with Gasteiger partial charge in [0.1, 0.15) is 4.88 Å². The average molecular weight is 357 g/mol. The Morgan fingerprint density at radius 1 is 1.21 bits per heavy atom. The second-order valence-corrected chi connectivity index (χ2v) is 6.58. The first kappa shape index (κ1) is 17.2. The number of hydrogen-bond donors (Lipinski definition) is 1. The maximum atomic E-state index is 12.8. The van der Waals surface area contributed by atoms with E-state index in [9.17, 15) is 13.2 Å². The Balaban J connectivity index is 1.75. The van der Waals surface area contributed by atoms with Crippen LogP contribution in [0.4, 0.5) is 18.3 Å². The van der Waals surface area contributed by atoms with Crippen LogP contribution >= 0.6 is 11.3 Å². The number of benzene rings is 1. The number of rotatable bonds is 5. The van der Waals surface area contributed by atoms with Gasteiger partial charge in [-0.25, -0.2) is 4.98 Å². The molecule has 0 aliphatic carbocycles. The fourth-order valence-electron chi connectivity index (χ4n) is 2.58. The summed E-state index contributed by atoms with van der Waals surface area (Å²) in [6, 6.07) is 9.57. The largest absolute Gasteiger partial charge is 0.427 e. The Morgan fingerprint density at radius 3 is 2.54 bits per heavy atom. The van der Waals surface area contributed by atoms with Gasteiger partial charge in [-0.2, -0.15) is 13.2 Å². The molecule has 0 bridgehead atoms. The van der Waals surface area contributed by atoms with Gasteiger partial charge < -0.3 is 10.1 Å². The number of thiazole rings is 1. The normalized spacial score (nSPS) is 17.6. The molecule has 1 aliphatic heterocycles. The van der Waals surface area contributed by atoms with Gasteiger partial charge in [0.25, 0.3) is 0 Å². The highest BCUT2D eigenvalue weighted by Gasteiger charge is 2.33. The van der Waals surface area contributed by atoms with Crippen LogP contribution in [0.25, 0.3) is 0 Å². The maximum Gasteiger partial charge on any atom is 0.427 e. The van der Waals surface area contributed by atoms with Crippen LogP contribution in [0, 0.1) is 0 Å². The second-order valence-electron chi connectivity index (χ2n) is 5.55. The van der Waals surface area contributed by atoms with Crippen molar-refractivity contribution in [3.05, 3.63) is 47.0 Å². The van der Waals surface area contributed by atoms with Crippen molar-refractivity contribution in [3.8, 4) is 0 Å². The summed E-state index contributed by atoms with van der Waals surface area (Å²) in [5.41, 5.74) is 1.02. The average Bonchev–Trinajstić information content (AvgIpc) is 3.05. The highest BCUT2D eigenvalue weighted by atomic mass is 32.1. The summed E-state index contributed by atoms with van der Waals surface area (Å²) in [4.78, 5) is 5.44. The molecule has 24 heavy (non-hydrogen) atoms. The van der Waals surface area contributed by atoms with Gasteiger partial charge in [0.15, 0.2) is 5.13 Å². The van der Waals surface area contributed by atoms with E-state index < -0.39 is 11.1 Å². The topological polar surface area (TPSA) is 37.4 Å². The van der Waals surface area contributed by atoms with E-state index in [0.29, 0.717) is 31.1 Å². The van der Waals surface area contributed by atoms with Crippen molar-refractivity contribution in [3.63, 3.8) is 0 Å². The number of halogens is 3. The van der Waals surface area contributed by atoms with E-state index in [-0.39, 0.29) is 11.2 Å². The molecule has 1 atom stereocenters. The van der Waals surface area contributed by atoms with Gasteiger partial charge in [0, 0.05) is 19.6 Å². The van der Waals surface area contributed by atoms with Crippen LogP contribution in [0.1, 0.15) is 16.5 Å². The van der Waals surface area contributed by atoms with E-state index >= 15 is 0 Å². The van der Waals surface area contributed by atoms with Crippen molar-refractivity contribution in [2.75, 3.05) is 38.2 Å². The molecule has 0 radical (unpaired) electrons. The molecule has 0 saturated carbocycles. The zero-order valence-electron chi connectivity index (χ0n) is 12.9. The fraction of sp³-hybridized carbons (Fsp3) is 0.438. The molecule has 2 heterocycles. The van der Waals surface area contributed by atoms with Crippen molar-refractivity contribution < 1.29 is 17.9 Å². The van der Waals surface area contributed by atoms with Gasteiger partial charge in [-0.3, -0.25) is 4.90 Å². The molecule has 0 amide bonds. The Morgan fingerprint density at radius 2 is 1.92 bits per heavy atom. The van der Waals surface area contributed by atoms with E-state index in [0.717, 1.165) is 24.8 Å². The van der Waals surface area contributed by atoms with E-state index in [1.807, 2.05) is 30.3 Å². The monoisotopic (exact) mass is 357 g/mol. The van der Waals surface area contributed by atoms with Crippen LogP contribution in [-0.4, -0.2) is 42.7 Å². The summed E-state index contributed by atoms with van der Waals surface area (Å²) < 4.78 is 43.6. The number of nitrogens with zero attached hydrogens (tertiary/aromatic N) is 2. The third-order valence-corrected chi connectivity index (χ3v) is 4.80. The number of ether oxygens (including phenoxy) is 1. The predicted molar refractivity (Wildman–Crippen MR) is 87.2 cm³/mol. The number of anilines is 1. The quantitative estimate of drug-likeness (QED) is 0.886. The van der Waals surface area contributed by atoms with Crippen LogP contribution in [0.15, 0.2) is 36.5 Å². The lowest BCUT2D eigenvalue weighted by molar-refractivity contribution is -0.134. The van der Waals surface area contributed by atoms with E-state index in [2.05, 4.69) is 15.2 Å². The van der Waals surface area contributed by atoms with Crippen molar-refractivity contribution in [2.45, 2.75) is 12.2 Å². The standard InChI is InChI=1S/C16H18F3N3OS/c17-16(18,19)14-10-20-15(24-14)21-13(12-4-2-1-3-5-12)11-22-6-8-23-9-7-22/h1-5,10,13H,6-9,11H2,(H,20,21). The van der Waals surface area contributed by atoms with Gasteiger partial charge in [0.05, 0.1) is 25.5 Å². The fourth-order valence-corrected chi connectivity index (χ4v) is 3.32. The maximum absolute atomic E-state index is 12.8. The summed E-state index contributed by atoms with van der Waals surface area (Å²) in [6.45, 7) is 3.68. The number of nitrogens with one attached hydrogen (secondary N) is 1. The lowest BCUT2D eigenvalue weighted by Gasteiger charge is -2.31. The molecule has 0 spiro atoms. The Hall–Kier alpha value is -1.64. The molecular weight excluding hydrogens is 339 g/mol. The van der Waals surface area contributed by atoms with Gasteiger partial charge in [0.2, 0.25) is 0 Å². The molecule has 3 rings (SSSR count). The summed E-state index contributed by atoms with van der Waals surface area (Å²) in [5.74, 6) is 0. The van der Waals surface area contributed by atoms with E-state index in [1.165, 1.54) is 0 Å². The number of hydrogen-bond acceptors (Lipinski definition) is 5. The Bertz CT molecular complexity index is 642. The van der Waals surface area contributed by atoms with Crippen LogP contribution < -0.4 is 5.32 Å². The first-order valence-electron chi connectivity index (χ1n) is 7.67. The molecule has 1 saturated heterocycles. The van der Waals surface area contributed by atoms with Crippen molar-refractivity contribution in [1.29, 1.82) is 0 Å². The minimum atomic E-state index is -4.36. The minimum Gasteiger partial charge on any atom is -0.379 e. The summed E-state index contributed by atoms with van der Waals surface area (Å²) in [5, 5.41) is 3.44. The Kier molecular flexibility index (Phi) is 5.37. The molecule has 130 valence electrons. The SMILES string of the molecule is FC(F)(F)c1cnc(NC(CN2CCOCC2)c2ccccc2)s1. The van der Waals surface area contributed by atoms with Gasteiger partial charge in [-0.15, -0.1) is 0 Å². The molecule has 1 aromatic carbocycles. The minimum absolute atomic E-state index is 0.128. The van der Waals surface area contributed by atoms with Gasteiger partial charge in [-0.1, -0.05) is 41.7 Å². The second kappa shape index (κ2) is 7.50. The Labute approximate surface area is 142 Å².